The van der Waals surface area contributed by atoms with Crippen molar-refractivity contribution in [2.45, 2.75) is 28.0 Å². The van der Waals surface area contributed by atoms with Gasteiger partial charge in [-0.1, -0.05) is 23.4 Å². The Morgan fingerprint density at radius 3 is 2.78 bits per heavy atom. The molecule has 0 saturated carbocycles. The lowest BCUT2D eigenvalue weighted by Crippen LogP contribution is -2.10. The van der Waals surface area contributed by atoms with Crippen molar-refractivity contribution in [1.82, 2.24) is 4.40 Å². The van der Waals surface area contributed by atoms with Crippen LogP contribution in [-0.2, 0) is 16.3 Å². The number of hydrogen-bond acceptors (Lipinski definition) is 5. The fraction of sp³-hybridized carbons (Fsp3) is 0.273. The quantitative estimate of drug-likeness (QED) is 0.467. The fourth-order valence-electron chi connectivity index (χ4n) is 3.51. The number of ether oxygens (including phenoxy) is 1. The molecule has 3 heterocycles. The number of aryl methyl sites for hydroxylation is 1. The molecule has 1 aliphatic heterocycles. The molecule has 1 aromatic carbocycles. The van der Waals surface area contributed by atoms with Gasteiger partial charge in [0, 0.05) is 30.0 Å². The number of anilines is 1. The highest BCUT2D eigenvalue weighted by Gasteiger charge is 2.35. The number of rotatable bonds is 4. The van der Waals surface area contributed by atoms with E-state index < -0.39 is 15.1 Å². The van der Waals surface area contributed by atoms with Crippen molar-refractivity contribution in [3.8, 4) is 17.6 Å². The third kappa shape index (κ3) is 4.45. The van der Waals surface area contributed by atoms with E-state index in [4.69, 9.17) is 12.6 Å². The summed E-state index contributed by atoms with van der Waals surface area (Å²) in [6.45, 7) is 0.198. The van der Waals surface area contributed by atoms with Crippen LogP contribution < -0.4 is 15.5 Å². The molecule has 2 aromatic heterocycles. The zero-order chi connectivity index (χ0) is 23.1. The van der Waals surface area contributed by atoms with Crippen LogP contribution in [0.1, 0.15) is 17.7 Å². The summed E-state index contributed by atoms with van der Waals surface area (Å²) in [5, 5.41) is 0.554. The van der Waals surface area contributed by atoms with Gasteiger partial charge in [-0.25, -0.2) is 8.42 Å². The molecule has 0 fully saturated rings. The van der Waals surface area contributed by atoms with E-state index >= 15 is 0 Å². The van der Waals surface area contributed by atoms with E-state index in [1.807, 2.05) is 0 Å². The number of nitrogens with one attached hydrogen (secondary N) is 1. The lowest BCUT2D eigenvalue weighted by atomic mass is 9.95. The molecule has 0 unspecified atom stereocenters. The number of aromatic nitrogens is 1. The Morgan fingerprint density at radius 2 is 2.06 bits per heavy atom. The lowest BCUT2D eigenvalue weighted by molar-refractivity contribution is 0.0966. The van der Waals surface area contributed by atoms with E-state index in [1.165, 1.54) is 19.2 Å². The summed E-state index contributed by atoms with van der Waals surface area (Å²) in [5.41, 5.74) is 3.00. The number of thioether (sulfide) groups is 1. The molecule has 0 amide bonds. The molecule has 0 saturated heterocycles. The van der Waals surface area contributed by atoms with Crippen molar-refractivity contribution in [3.63, 3.8) is 0 Å². The monoisotopic (exact) mass is 472 g/mol. The van der Waals surface area contributed by atoms with Crippen LogP contribution in [0.25, 0.3) is 5.52 Å². The van der Waals surface area contributed by atoms with Gasteiger partial charge in [0.05, 0.1) is 29.8 Å². The molecular formula is C22H19BF2N2O3S2. The van der Waals surface area contributed by atoms with Crippen LogP contribution >= 0.6 is 11.8 Å². The second-order valence-corrected chi connectivity index (χ2v) is 10.6. The first-order valence-corrected chi connectivity index (χ1v) is 12.4. The maximum atomic E-state index is 14.3. The van der Waals surface area contributed by atoms with Gasteiger partial charge in [0.25, 0.3) is 5.25 Å². The summed E-state index contributed by atoms with van der Waals surface area (Å²) < 4.78 is 59.1. The topological polar surface area (TPSA) is 59.8 Å². The Kier molecular flexibility index (Phi) is 5.90. The summed E-state index contributed by atoms with van der Waals surface area (Å²) in [4.78, 5) is 0.146. The van der Waals surface area contributed by atoms with Gasteiger partial charge in [-0.05, 0) is 42.4 Å². The van der Waals surface area contributed by atoms with Gasteiger partial charge in [-0.2, -0.15) is 8.78 Å². The average molecular weight is 472 g/mol. The first-order valence-electron chi connectivity index (χ1n) is 9.69. The van der Waals surface area contributed by atoms with Gasteiger partial charge in [0.2, 0.25) is 0 Å². The third-order valence-corrected chi connectivity index (χ3v) is 7.31. The van der Waals surface area contributed by atoms with Gasteiger partial charge in [-0.15, -0.1) is 0 Å². The Balaban J connectivity index is 1.62. The third-order valence-electron chi connectivity index (χ3n) is 5.10. The molecule has 1 N–H and O–H groups in total. The molecule has 0 aliphatic carbocycles. The van der Waals surface area contributed by atoms with Crippen molar-refractivity contribution >= 4 is 46.1 Å². The van der Waals surface area contributed by atoms with Crippen molar-refractivity contribution < 1.29 is 21.9 Å². The molecular weight excluding hydrogens is 453 g/mol. The molecule has 5 nitrogen and oxygen atoms in total. The second-order valence-electron chi connectivity index (χ2n) is 7.39. The van der Waals surface area contributed by atoms with E-state index in [-0.39, 0.29) is 24.3 Å². The predicted octanol–water partition coefficient (Wildman–Crippen LogP) is 3.24. The van der Waals surface area contributed by atoms with Crippen molar-refractivity contribution in [1.29, 1.82) is 0 Å². The van der Waals surface area contributed by atoms with Crippen LogP contribution in [0.15, 0.2) is 46.3 Å². The molecule has 2 radical (unpaired) electrons. The van der Waals surface area contributed by atoms with Gasteiger partial charge in [-0.3, -0.25) is 0 Å². The zero-order valence-corrected chi connectivity index (χ0v) is 19.0. The van der Waals surface area contributed by atoms with Crippen molar-refractivity contribution in [2.24, 2.45) is 0 Å². The lowest BCUT2D eigenvalue weighted by Gasteiger charge is -2.11. The molecule has 3 aromatic rings. The summed E-state index contributed by atoms with van der Waals surface area (Å²) in [6, 6.07) is 9.75. The van der Waals surface area contributed by atoms with E-state index in [1.54, 1.807) is 28.7 Å². The van der Waals surface area contributed by atoms with E-state index in [9.17, 15) is 17.2 Å². The highest BCUT2D eigenvalue weighted by Crippen LogP contribution is 2.44. The number of sulfone groups is 1. The Labute approximate surface area is 190 Å². The molecule has 10 heteroatoms. The van der Waals surface area contributed by atoms with Crippen LogP contribution in [0.3, 0.4) is 0 Å². The Bertz CT molecular complexity index is 1380. The van der Waals surface area contributed by atoms with E-state index in [2.05, 4.69) is 17.2 Å². The first kappa shape index (κ1) is 22.6. The van der Waals surface area contributed by atoms with Gasteiger partial charge >= 0.3 is 0 Å². The summed E-state index contributed by atoms with van der Waals surface area (Å²) in [7, 11) is 4.16. The maximum Gasteiger partial charge on any atom is 0.299 e. The maximum absolute atomic E-state index is 14.3. The van der Waals surface area contributed by atoms with Crippen LogP contribution in [-0.4, -0.2) is 45.8 Å². The number of hydrogen-bond donors (Lipinski definition) is 1. The molecule has 1 aliphatic rings. The van der Waals surface area contributed by atoms with Crippen molar-refractivity contribution in [2.75, 3.05) is 25.2 Å². The standard InChI is InChI=1S/C22H19BF2N2O3S2/c1-30-20-13-16(32(2,28)29)6-8-18(20)26-11-3-4-14-12-19-17(23)7-5-15-9-10-22(24,25)31-21(14)27(15)19/h5-8,12-13,26H,9-11H2,1-2H3. The SMILES string of the molecule is [B]c1ccc2n3c(c(C#CCNc4ccc(S(C)(=O)=O)cc4OC)cc13)SC(F)(F)CC2. The normalized spacial score (nSPS) is 15.0. The van der Waals surface area contributed by atoms with Crippen LogP contribution in [0.4, 0.5) is 14.5 Å². The molecule has 0 spiro atoms. The Hall–Kier alpha value is -2.64. The van der Waals surface area contributed by atoms with Gasteiger partial charge in [0.1, 0.15) is 18.6 Å². The van der Waals surface area contributed by atoms with Crippen LogP contribution in [0, 0.1) is 11.8 Å². The second kappa shape index (κ2) is 8.37. The van der Waals surface area contributed by atoms with Crippen LogP contribution in [0.5, 0.6) is 5.75 Å². The minimum Gasteiger partial charge on any atom is -0.495 e. The molecule has 164 valence electrons. The largest absolute Gasteiger partial charge is 0.495 e. The minimum absolute atomic E-state index is 0.146. The predicted molar refractivity (Wildman–Crippen MR) is 123 cm³/mol. The smallest absolute Gasteiger partial charge is 0.299 e. The summed E-state index contributed by atoms with van der Waals surface area (Å²) in [5.74, 6) is 6.28. The summed E-state index contributed by atoms with van der Waals surface area (Å²) in [6.07, 6.45) is 1.11. The number of benzene rings is 1. The van der Waals surface area contributed by atoms with Gasteiger partial charge in [0.15, 0.2) is 9.84 Å². The van der Waals surface area contributed by atoms with Gasteiger partial charge < -0.3 is 14.5 Å². The average Bonchev–Trinajstić information content (AvgIpc) is 3.01. The first-order chi connectivity index (χ1) is 15.1. The van der Waals surface area contributed by atoms with Crippen LogP contribution in [0.2, 0.25) is 0 Å². The number of nitrogens with zero attached hydrogens (tertiary/aromatic N) is 1. The highest BCUT2D eigenvalue weighted by atomic mass is 32.2. The fourth-order valence-corrected chi connectivity index (χ4v) is 5.16. The zero-order valence-electron chi connectivity index (χ0n) is 17.4. The molecule has 4 rings (SSSR count). The van der Waals surface area contributed by atoms with E-state index in [0.29, 0.717) is 44.8 Å². The number of alkyl halides is 2. The van der Waals surface area contributed by atoms with E-state index in [0.717, 1.165) is 11.9 Å². The summed E-state index contributed by atoms with van der Waals surface area (Å²) >= 11 is 0.508. The molecule has 0 bridgehead atoms. The molecule has 0 atom stereocenters. The highest BCUT2D eigenvalue weighted by molar-refractivity contribution is 8.00. The number of halogens is 2. The Morgan fingerprint density at radius 1 is 1.28 bits per heavy atom. The molecule has 32 heavy (non-hydrogen) atoms. The number of pyridine rings is 1. The number of methoxy groups -OCH3 is 1. The minimum atomic E-state index is -3.36. The van der Waals surface area contributed by atoms with Crippen molar-refractivity contribution in [3.05, 3.63) is 47.7 Å².